The molecule has 0 bridgehead atoms. The molecule has 1 atom stereocenters. The predicted octanol–water partition coefficient (Wildman–Crippen LogP) is 4.29. The van der Waals surface area contributed by atoms with Gasteiger partial charge in [-0.05, 0) is 49.4 Å². The summed E-state index contributed by atoms with van der Waals surface area (Å²) in [6, 6.07) is 16.3. The normalized spacial score (nSPS) is 13.5. The molecule has 35 heavy (non-hydrogen) atoms. The summed E-state index contributed by atoms with van der Waals surface area (Å²) >= 11 is 1.31. The Balaban J connectivity index is 1.43. The van der Waals surface area contributed by atoms with Gasteiger partial charge in [0.15, 0.2) is 23.4 Å². The van der Waals surface area contributed by atoms with Crippen molar-refractivity contribution in [2.75, 3.05) is 19.0 Å². The maximum Gasteiger partial charge on any atom is 0.262 e. The van der Waals surface area contributed by atoms with Crippen molar-refractivity contribution < 1.29 is 23.5 Å². The van der Waals surface area contributed by atoms with Gasteiger partial charge < -0.3 is 19.2 Å². The highest BCUT2D eigenvalue weighted by Gasteiger charge is 2.24. The number of carbonyl (C=O) groups is 2. The van der Waals surface area contributed by atoms with Crippen molar-refractivity contribution >= 4 is 29.1 Å². The lowest BCUT2D eigenvalue weighted by molar-refractivity contribution is -0.118. The summed E-state index contributed by atoms with van der Waals surface area (Å²) in [5.74, 6) is 2.27. The number of ketones is 1. The van der Waals surface area contributed by atoms with Crippen LogP contribution in [-0.4, -0.2) is 45.4 Å². The Bertz CT molecular complexity index is 1380. The third-order valence-corrected chi connectivity index (χ3v) is 6.57. The van der Waals surface area contributed by atoms with Crippen LogP contribution in [0.1, 0.15) is 23.0 Å². The van der Waals surface area contributed by atoms with Gasteiger partial charge in [0, 0.05) is 11.1 Å². The van der Waals surface area contributed by atoms with Crippen molar-refractivity contribution in [3.8, 4) is 22.9 Å². The number of aromatic nitrogens is 3. The van der Waals surface area contributed by atoms with E-state index in [9.17, 15) is 9.59 Å². The molecule has 2 aromatic heterocycles. The molecular weight excluding hydrogens is 468 g/mol. The number of Topliss-reactive ketones (excluding diaryl/α,β-unsaturated/α-hetero) is 1. The lowest BCUT2D eigenvalue weighted by Crippen LogP contribution is -2.25. The SMILES string of the molecule is COc1cccc(-c2nnc(SC(C)C(=O)c3ccc4c(c3)NC(=O)CO4)n2Cc2ccco2)c1. The lowest BCUT2D eigenvalue weighted by atomic mass is 10.1. The summed E-state index contributed by atoms with van der Waals surface area (Å²) in [5.41, 5.74) is 1.80. The topological polar surface area (TPSA) is 108 Å². The maximum atomic E-state index is 13.2. The number of ether oxygens (including phenoxy) is 2. The van der Waals surface area contributed by atoms with Crippen LogP contribution >= 0.6 is 11.8 Å². The van der Waals surface area contributed by atoms with Gasteiger partial charge in [-0.25, -0.2) is 0 Å². The Morgan fingerprint density at radius 3 is 2.89 bits per heavy atom. The van der Waals surface area contributed by atoms with Crippen molar-refractivity contribution in [1.29, 1.82) is 0 Å². The third kappa shape index (κ3) is 4.78. The molecule has 1 amide bonds. The van der Waals surface area contributed by atoms with Crippen LogP contribution in [0.25, 0.3) is 11.4 Å². The fourth-order valence-corrected chi connectivity index (χ4v) is 4.66. The summed E-state index contributed by atoms with van der Waals surface area (Å²) in [4.78, 5) is 24.9. The minimum absolute atomic E-state index is 0.0342. The van der Waals surface area contributed by atoms with Crippen molar-refractivity contribution in [2.24, 2.45) is 0 Å². The van der Waals surface area contributed by atoms with Gasteiger partial charge in [-0.15, -0.1) is 10.2 Å². The minimum atomic E-state index is -0.467. The van der Waals surface area contributed by atoms with Crippen LogP contribution in [0.5, 0.6) is 11.5 Å². The van der Waals surface area contributed by atoms with Crippen LogP contribution < -0.4 is 14.8 Å². The zero-order chi connectivity index (χ0) is 24.4. The number of nitrogens with zero attached hydrogens (tertiary/aromatic N) is 3. The van der Waals surface area contributed by atoms with Crippen molar-refractivity contribution in [3.05, 3.63) is 72.2 Å². The number of benzene rings is 2. The molecule has 0 aliphatic carbocycles. The molecule has 2 aromatic carbocycles. The first-order valence-corrected chi connectivity index (χ1v) is 11.8. The standard InChI is InChI=1S/C25H22N4O5S/c1-15(23(31)16-8-9-21-20(12-16)26-22(30)14-34-21)35-25-28-27-24(17-5-3-6-18(11-17)32-2)29(25)13-19-7-4-10-33-19/h3-12,15H,13-14H2,1-2H3,(H,26,30). The van der Waals surface area contributed by atoms with Gasteiger partial charge in [0.25, 0.3) is 5.91 Å². The zero-order valence-corrected chi connectivity index (χ0v) is 19.9. The molecule has 1 unspecified atom stereocenters. The predicted molar refractivity (Wildman–Crippen MR) is 130 cm³/mol. The van der Waals surface area contributed by atoms with Crippen LogP contribution in [0.15, 0.2) is 70.4 Å². The average molecular weight is 491 g/mol. The van der Waals surface area contributed by atoms with Gasteiger partial charge in [-0.3, -0.25) is 14.2 Å². The van der Waals surface area contributed by atoms with E-state index in [1.54, 1.807) is 31.6 Å². The molecule has 0 fully saturated rings. The number of nitrogens with one attached hydrogen (secondary N) is 1. The molecule has 1 aliphatic heterocycles. The fraction of sp³-hybridized carbons (Fsp3) is 0.200. The molecule has 0 spiro atoms. The number of hydrogen-bond donors (Lipinski definition) is 1. The van der Waals surface area contributed by atoms with E-state index in [0.717, 1.165) is 11.3 Å². The molecule has 178 valence electrons. The monoisotopic (exact) mass is 490 g/mol. The number of furan rings is 1. The summed E-state index contributed by atoms with van der Waals surface area (Å²) in [6.07, 6.45) is 1.61. The number of anilines is 1. The highest BCUT2D eigenvalue weighted by molar-refractivity contribution is 8.00. The van der Waals surface area contributed by atoms with E-state index in [-0.39, 0.29) is 18.3 Å². The Kier molecular flexibility index (Phi) is 6.28. The Morgan fingerprint density at radius 1 is 1.20 bits per heavy atom. The first-order chi connectivity index (χ1) is 17.0. The molecule has 9 nitrogen and oxygen atoms in total. The van der Waals surface area contributed by atoms with Crippen molar-refractivity contribution in [2.45, 2.75) is 23.9 Å². The second-order valence-electron chi connectivity index (χ2n) is 7.88. The molecule has 0 saturated carbocycles. The Morgan fingerprint density at radius 2 is 2.09 bits per heavy atom. The number of rotatable bonds is 8. The lowest BCUT2D eigenvalue weighted by Gasteiger charge is -2.19. The third-order valence-electron chi connectivity index (χ3n) is 5.49. The molecular formula is C25H22N4O5S. The van der Waals surface area contributed by atoms with Gasteiger partial charge in [0.2, 0.25) is 0 Å². The first kappa shape index (κ1) is 22.7. The van der Waals surface area contributed by atoms with Crippen LogP contribution in [0, 0.1) is 0 Å². The van der Waals surface area contributed by atoms with Gasteiger partial charge >= 0.3 is 0 Å². The van der Waals surface area contributed by atoms with E-state index >= 15 is 0 Å². The highest BCUT2D eigenvalue weighted by Crippen LogP contribution is 2.33. The van der Waals surface area contributed by atoms with Gasteiger partial charge in [-0.1, -0.05) is 23.9 Å². The van der Waals surface area contributed by atoms with E-state index in [4.69, 9.17) is 13.9 Å². The molecule has 0 saturated heterocycles. The van der Waals surface area contributed by atoms with Crippen LogP contribution in [-0.2, 0) is 11.3 Å². The Labute approximate surface area is 205 Å². The largest absolute Gasteiger partial charge is 0.497 e. The number of thioether (sulfide) groups is 1. The minimum Gasteiger partial charge on any atom is -0.497 e. The molecule has 1 aliphatic rings. The molecule has 0 radical (unpaired) electrons. The summed E-state index contributed by atoms with van der Waals surface area (Å²) < 4.78 is 18.2. The maximum absolute atomic E-state index is 13.2. The van der Waals surface area contributed by atoms with Crippen molar-refractivity contribution in [3.63, 3.8) is 0 Å². The summed E-state index contributed by atoms with van der Waals surface area (Å²) in [6.45, 7) is 2.18. The second kappa shape index (κ2) is 9.67. The van der Waals surface area contributed by atoms with Gasteiger partial charge in [0.1, 0.15) is 17.3 Å². The van der Waals surface area contributed by atoms with Crippen LogP contribution in [0.4, 0.5) is 5.69 Å². The molecule has 10 heteroatoms. The number of fused-ring (bicyclic) bond motifs is 1. The van der Waals surface area contributed by atoms with E-state index in [2.05, 4.69) is 15.5 Å². The van der Waals surface area contributed by atoms with Crippen LogP contribution in [0.3, 0.4) is 0 Å². The number of carbonyl (C=O) groups excluding carboxylic acids is 2. The quantitative estimate of drug-likeness (QED) is 0.288. The highest BCUT2D eigenvalue weighted by atomic mass is 32.2. The van der Waals surface area contributed by atoms with E-state index in [1.807, 2.05) is 47.9 Å². The summed E-state index contributed by atoms with van der Waals surface area (Å²) in [5, 5.41) is 11.7. The van der Waals surface area contributed by atoms with Crippen LogP contribution in [0.2, 0.25) is 0 Å². The average Bonchev–Trinajstić information content (AvgIpc) is 3.53. The smallest absolute Gasteiger partial charge is 0.262 e. The zero-order valence-electron chi connectivity index (χ0n) is 19.1. The number of hydrogen-bond acceptors (Lipinski definition) is 8. The van der Waals surface area contributed by atoms with E-state index < -0.39 is 5.25 Å². The van der Waals surface area contributed by atoms with E-state index in [1.165, 1.54) is 11.8 Å². The second-order valence-corrected chi connectivity index (χ2v) is 9.18. The molecule has 1 N–H and O–H groups in total. The van der Waals surface area contributed by atoms with Gasteiger partial charge in [-0.2, -0.15) is 0 Å². The molecule has 3 heterocycles. The number of amides is 1. The number of methoxy groups -OCH3 is 1. The molecule has 4 aromatic rings. The Hall–Kier alpha value is -4.05. The molecule has 5 rings (SSSR count). The van der Waals surface area contributed by atoms with Crippen molar-refractivity contribution in [1.82, 2.24) is 14.8 Å². The summed E-state index contributed by atoms with van der Waals surface area (Å²) in [7, 11) is 1.61. The first-order valence-electron chi connectivity index (χ1n) is 10.9. The van der Waals surface area contributed by atoms with Gasteiger partial charge in [0.05, 0.1) is 30.9 Å². The fourth-order valence-electron chi connectivity index (χ4n) is 3.74. The van der Waals surface area contributed by atoms with E-state index in [0.29, 0.717) is 40.3 Å².